The molecule has 18 heavy (non-hydrogen) atoms. The van der Waals surface area contributed by atoms with E-state index >= 15 is 0 Å². The number of fused-ring (bicyclic) bond motifs is 1. The number of nitrogens with two attached hydrogens (primary N) is 1. The van der Waals surface area contributed by atoms with Crippen LogP contribution in [-0.4, -0.2) is 15.0 Å². The van der Waals surface area contributed by atoms with Gasteiger partial charge in [0.25, 0.3) is 0 Å². The predicted molar refractivity (Wildman–Crippen MR) is 71.7 cm³/mol. The van der Waals surface area contributed by atoms with Crippen molar-refractivity contribution in [2.24, 2.45) is 12.5 Å². The Morgan fingerprint density at radius 1 is 1.22 bits per heavy atom. The molecule has 96 valence electrons. The van der Waals surface area contributed by atoms with Gasteiger partial charge in [0.2, 0.25) is 5.91 Å². The number of benzene rings is 1. The first kappa shape index (κ1) is 12.4. The molecule has 1 heterocycles. The largest absolute Gasteiger partial charge is 0.399 e. The number of carbonyl (C=O) groups excluding carboxylic acids is 1. The second-order valence-corrected chi connectivity index (χ2v) is 5.48. The third-order valence-corrected chi connectivity index (χ3v) is 2.92. The van der Waals surface area contributed by atoms with Gasteiger partial charge in [-0.25, -0.2) is 9.36 Å². The smallest absolute Gasteiger partial charge is 0.335 e. The van der Waals surface area contributed by atoms with Crippen LogP contribution >= 0.6 is 0 Å². The van der Waals surface area contributed by atoms with Gasteiger partial charge < -0.3 is 5.73 Å². The zero-order valence-electron chi connectivity index (χ0n) is 11.0. The van der Waals surface area contributed by atoms with Crippen molar-refractivity contribution in [2.45, 2.75) is 20.8 Å². The van der Waals surface area contributed by atoms with E-state index in [4.69, 9.17) is 5.73 Å². The lowest BCUT2D eigenvalue weighted by Gasteiger charge is -2.16. The summed E-state index contributed by atoms with van der Waals surface area (Å²) in [5, 5.41) is 0. The zero-order valence-corrected chi connectivity index (χ0v) is 11.0. The number of rotatable bonds is 0. The Balaban J connectivity index is 2.86. The lowest BCUT2D eigenvalue weighted by molar-refractivity contribution is 0.0767. The van der Waals surface area contributed by atoms with Crippen molar-refractivity contribution in [3.05, 3.63) is 28.7 Å². The average molecular weight is 247 g/mol. The van der Waals surface area contributed by atoms with Crippen LogP contribution < -0.4 is 11.4 Å². The number of nitrogen functional groups attached to an aromatic ring is 1. The molecule has 0 spiro atoms. The van der Waals surface area contributed by atoms with E-state index in [9.17, 15) is 9.59 Å². The first-order valence-corrected chi connectivity index (χ1v) is 5.75. The molecule has 0 bridgehead atoms. The summed E-state index contributed by atoms with van der Waals surface area (Å²) in [5.41, 5.74) is 6.56. The minimum Gasteiger partial charge on any atom is -0.399 e. The molecule has 0 saturated carbocycles. The van der Waals surface area contributed by atoms with E-state index in [-0.39, 0.29) is 11.6 Å². The van der Waals surface area contributed by atoms with Gasteiger partial charge in [-0.05, 0) is 18.2 Å². The quantitative estimate of drug-likeness (QED) is 0.719. The number of carbonyl (C=O) groups is 1. The van der Waals surface area contributed by atoms with Crippen LogP contribution in [0.4, 0.5) is 5.69 Å². The molecular weight excluding hydrogens is 230 g/mol. The summed E-state index contributed by atoms with van der Waals surface area (Å²) < 4.78 is 2.66. The second-order valence-electron chi connectivity index (χ2n) is 5.48. The minimum atomic E-state index is -0.622. The lowest BCUT2D eigenvalue weighted by Crippen LogP contribution is -2.35. The maximum absolute atomic E-state index is 12.3. The van der Waals surface area contributed by atoms with Crippen LogP contribution in [0.2, 0.25) is 0 Å². The molecule has 1 aromatic carbocycles. The molecule has 0 aliphatic rings. The van der Waals surface area contributed by atoms with E-state index in [0.29, 0.717) is 16.7 Å². The molecule has 2 N–H and O–H groups in total. The van der Waals surface area contributed by atoms with Gasteiger partial charge in [0.15, 0.2) is 0 Å². The van der Waals surface area contributed by atoms with E-state index in [2.05, 4.69) is 0 Å². The molecule has 0 amide bonds. The van der Waals surface area contributed by atoms with Crippen molar-refractivity contribution < 1.29 is 4.79 Å². The molecule has 2 aromatic rings. The van der Waals surface area contributed by atoms with E-state index in [1.165, 1.54) is 9.13 Å². The molecule has 0 aliphatic carbocycles. The van der Waals surface area contributed by atoms with Crippen molar-refractivity contribution in [1.29, 1.82) is 0 Å². The van der Waals surface area contributed by atoms with Crippen LogP contribution in [0.3, 0.4) is 0 Å². The number of hydrogen-bond donors (Lipinski definition) is 1. The van der Waals surface area contributed by atoms with E-state index in [0.717, 1.165) is 0 Å². The van der Waals surface area contributed by atoms with Crippen LogP contribution in [0.5, 0.6) is 0 Å². The van der Waals surface area contributed by atoms with Crippen LogP contribution in [-0.2, 0) is 7.05 Å². The van der Waals surface area contributed by atoms with E-state index in [1.54, 1.807) is 46.0 Å². The maximum atomic E-state index is 12.3. The highest BCUT2D eigenvalue weighted by Crippen LogP contribution is 2.21. The highest BCUT2D eigenvalue weighted by Gasteiger charge is 2.27. The normalized spacial score (nSPS) is 12.0. The summed E-state index contributed by atoms with van der Waals surface area (Å²) >= 11 is 0. The Morgan fingerprint density at radius 2 is 1.83 bits per heavy atom. The number of aromatic nitrogens is 2. The van der Waals surface area contributed by atoms with Crippen LogP contribution in [0.25, 0.3) is 11.0 Å². The standard InChI is InChI=1S/C13H17N3O2/c1-13(2,3)11(17)16-10-7-8(14)5-6-9(10)15(4)12(16)18/h5-7H,14H2,1-4H3. The van der Waals surface area contributed by atoms with Crippen molar-refractivity contribution in [3.8, 4) is 0 Å². The van der Waals surface area contributed by atoms with Crippen molar-refractivity contribution >= 4 is 22.6 Å². The molecule has 2 rings (SSSR count). The molecule has 0 aliphatic heterocycles. The lowest BCUT2D eigenvalue weighted by atomic mass is 9.95. The monoisotopic (exact) mass is 247 g/mol. The van der Waals surface area contributed by atoms with Crippen LogP contribution in [0, 0.1) is 5.41 Å². The highest BCUT2D eigenvalue weighted by atomic mass is 16.2. The van der Waals surface area contributed by atoms with Gasteiger partial charge in [-0.2, -0.15) is 0 Å². The molecule has 0 atom stereocenters. The van der Waals surface area contributed by atoms with Crippen molar-refractivity contribution in [2.75, 3.05) is 5.73 Å². The van der Waals surface area contributed by atoms with Crippen molar-refractivity contribution in [1.82, 2.24) is 9.13 Å². The number of nitrogens with zero attached hydrogens (tertiary/aromatic N) is 2. The third-order valence-electron chi connectivity index (χ3n) is 2.92. The summed E-state index contributed by atoms with van der Waals surface area (Å²) in [6.45, 7) is 5.35. The summed E-state index contributed by atoms with van der Waals surface area (Å²) in [5.74, 6) is -0.233. The average Bonchev–Trinajstić information content (AvgIpc) is 2.49. The SMILES string of the molecule is Cn1c(=O)n(C(=O)C(C)(C)C)c2cc(N)ccc21. The minimum absolute atomic E-state index is 0.233. The highest BCUT2D eigenvalue weighted by molar-refractivity contribution is 5.94. The molecule has 0 fully saturated rings. The molecule has 0 saturated heterocycles. The topological polar surface area (TPSA) is 70.0 Å². The van der Waals surface area contributed by atoms with Gasteiger partial charge in [0, 0.05) is 18.2 Å². The maximum Gasteiger partial charge on any atom is 0.335 e. The van der Waals surface area contributed by atoms with Gasteiger partial charge in [0.05, 0.1) is 11.0 Å². The number of anilines is 1. The van der Waals surface area contributed by atoms with E-state index < -0.39 is 5.41 Å². The fourth-order valence-electron chi connectivity index (χ4n) is 1.89. The third kappa shape index (κ3) is 1.72. The summed E-state index contributed by atoms with van der Waals surface area (Å²) in [4.78, 5) is 24.5. The fraction of sp³-hybridized carbons (Fsp3) is 0.385. The van der Waals surface area contributed by atoms with Crippen LogP contribution in [0.15, 0.2) is 23.0 Å². The van der Waals surface area contributed by atoms with Crippen molar-refractivity contribution in [3.63, 3.8) is 0 Å². The van der Waals surface area contributed by atoms with Gasteiger partial charge in [0.1, 0.15) is 0 Å². The molecule has 0 unspecified atom stereocenters. The zero-order chi connectivity index (χ0) is 13.7. The van der Waals surface area contributed by atoms with Gasteiger partial charge in [-0.3, -0.25) is 9.36 Å². The number of imidazole rings is 1. The fourth-order valence-corrected chi connectivity index (χ4v) is 1.89. The summed E-state index contributed by atoms with van der Waals surface area (Å²) in [6, 6.07) is 5.12. The molecule has 5 heteroatoms. The Morgan fingerprint density at radius 3 is 2.39 bits per heavy atom. The molecule has 0 radical (unpaired) electrons. The number of aryl methyl sites for hydroxylation is 1. The van der Waals surface area contributed by atoms with Gasteiger partial charge in [-0.1, -0.05) is 20.8 Å². The first-order valence-electron chi connectivity index (χ1n) is 5.75. The summed E-state index contributed by atoms with van der Waals surface area (Å²) in [7, 11) is 1.65. The second kappa shape index (κ2) is 3.73. The first-order chi connectivity index (χ1) is 8.23. The Labute approximate surface area is 105 Å². The Hall–Kier alpha value is -2.04. The Bertz CT molecular complexity index is 687. The van der Waals surface area contributed by atoms with Gasteiger partial charge in [-0.15, -0.1) is 0 Å². The predicted octanol–water partition coefficient (Wildman–Crippen LogP) is 1.61. The van der Waals surface area contributed by atoms with Gasteiger partial charge >= 0.3 is 5.69 Å². The summed E-state index contributed by atoms with van der Waals surface area (Å²) in [6.07, 6.45) is 0. The molecule has 5 nitrogen and oxygen atoms in total. The molecular formula is C13H17N3O2. The number of hydrogen-bond acceptors (Lipinski definition) is 3. The molecule has 1 aromatic heterocycles. The Kier molecular flexibility index (Phi) is 2.57. The van der Waals surface area contributed by atoms with Crippen LogP contribution in [0.1, 0.15) is 25.6 Å². The van der Waals surface area contributed by atoms with E-state index in [1.807, 2.05) is 0 Å².